The normalized spacial score (nSPS) is 15.5. The fourth-order valence-electron chi connectivity index (χ4n) is 8.74. The Hall–Kier alpha value is -6.48. The number of aliphatic imine (C=N–C) groups is 1. The fourth-order valence-corrected chi connectivity index (χ4v) is 10.1. The molecule has 10 rings (SSSR count). The number of hydrogen-bond donors (Lipinski definition) is 0. The van der Waals surface area contributed by atoms with Crippen molar-refractivity contribution in [3.63, 3.8) is 0 Å². The molecule has 8 aromatic rings. The predicted molar refractivity (Wildman–Crippen MR) is 235 cm³/mol. The molecule has 0 N–H and O–H groups in total. The maximum atomic E-state index is 5.37. The first-order chi connectivity index (χ1) is 27.8. The molecule has 266 valence electrons. The molecule has 2 heterocycles. The number of rotatable bonds is 7. The Bertz CT molecular complexity index is 2690. The standard InChI is InChI=1S/C54H39NS/c1-5-18-38(19-6-1)44-36-50(39-20-7-2-8-21-39)55-51(37-44)43-25-16-23-41(35-43)40-22-15-24-42(34-40)47-30-17-32-49-53(47)56-52-33-14-13-31-48(52)54(49,45-26-9-3-10-27-45)46-28-11-4-12-29-46/h1-35,37,50H,36H2. The van der Waals surface area contributed by atoms with E-state index in [2.05, 4.69) is 218 Å². The Morgan fingerprint density at radius 3 is 1.66 bits per heavy atom. The van der Waals surface area contributed by atoms with Crippen molar-refractivity contribution in [3.8, 4) is 22.3 Å². The van der Waals surface area contributed by atoms with Crippen molar-refractivity contribution in [1.82, 2.24) is 0 Å². The van der Waals surface area contributed by atoms with Gasteiger partial charge >= 0.3 is 0 Å². The zero-order valence-corrected chi connectivity index (χ0v) is 31.7. The predicted octanol–water partition coefficient (Wildman–Crippen LogP) is 13.9. The highest BCUT2D eigenvalue weighted by Crippen LogP contribution is 2.57. The number of hydrogen-bond acceptors (Lipinski definition) is 2. The summed E-state index contributed by atoms with van der Waals surface area (Å²) in [7, 11) is 0. The Labute approximate surface area is 333 Å². The van der Waals surface area contributed by atoms with Crippen LogP contribution in [-0.2, 0) is 5.41 Å². The van der Waals surface area contributed by atoms with Gasteiger partial charge in [-0.2, -0.15) is 0 Å². The third-order valence-corrected chi connectivity index (χ3v) is 12.6. The number of benzene rings is 8. The number of allylic oxidation sites excluding steroid dienone is 1. The summed E-state index contributed by atoms with van der Waals surface area (Å²) in [6.45, 7) is 0. The lowest BCUT2D eigenvalue weighted by Gasteiger charge is -2.42. The van der Waals surface area contributed by atoms with E-state index in [1.54, 1.807) is 0 Å². The van der Waals surface area contributed by atoms with Gasteiger partial charge in [0.25, 0.3) is 0 Å². The zero-order valence-electron chi connectivity index (χ0n) is 30.9. The van der Waals surface area contributed by atoms with Crippen LogP contribution in [0, 0.1) is 0 Å². The third kappa shape index (κ3) is 6.04. The van der Waals surface area contributed by atoms with E-state index >= 15 is 0 Å². The molecule has 0 radical (unpaired) electrons. The monoisotopic (exact) mass is 733 g/mol. The number of fused-ring (bicyclic) bond motifs is 2. The Balaban J connectivity index is 1.09. The first-order valence-corrected chi connectivity index (χ1v) is 20.2. The van der Waals surface area contributed by atoms with Gasteiger partial charge in [-0.3, -0.25) is 4.99 Å². The molecular formula is C54H39NS. The maximum absolute atomic E-state index is 5.37. The lowest BCUT2D eigenvalue weighted by Crippen LogP contribution is -2.34. The highest BCUT2D eigenvalue weighted by molar-refractivity contribution is 7.99. The van der Waals surface area contributed by atoms with Gasteiger partial charge in [0.1, 0.15) is 0 Å². The van der Waals surface area contributed by atoms with E-state index < -0.39 is 5.41 Å². The van der Waals surface area contributed by atoms with Crippen molar-refractivity contribution in [3.05, 3.63) is 257 Å². The highest BCUT2D eigenvalue weighted by Gasteiger charge is 2.44. The van der Waals surface area contributed by atoms with Crippen molar-refractivity contribution >= 4 is 23.0 Å². The lowest BCUT2D eigenvalue weighted by molar-refractivity contribution is 0.703. The van der Waals surface area contributed by atoms with Crippen LogP contribution in [0.4, 0.5) is 0 Å². The maximum Gasteiger partial charge on any atom is 0.0796 e. The van der Waals surface area contributed by atoms with E-state index in [1.165, 1.54) is 71.0 Å². The minimum Gasteiger partial charge on any atom is -0.276 e. The Morgan fingerprint density at radius 2 is 0.964 bits per heavy atom. The van der Waals surface area contributed by atoms with Gasteiger partial charge in [0.05, 0.1) is 17.2 Å². The summed E-state index contributed by atoms with van der Waals surface area (Å²) in [6, 6.07) is 77.4. The Morgan fingerprint density at radius 1 is 0.446 bits per heavy atom. The van der Waals surface area contributed by atoms with Gasteiger partial charge in [0, 0.05) is 15.4 Å². The fraction of sp³-hybridized carbons (Fsp3) is 0.0556. The lowest BCUT2D eigenvalue weighted by atomic mass is 9.64. The van der Waals surface area contributed by atoms with Crippen LogP contribution in [0.2, 0.25) is 0 Å². The molecule has 8 aromatic carbocycles. The molecule has 1 atom stereocenters. The molecule has 1 nitrogen and oxygen atoms in total. The molecule has 0 saturated carbocycles. The van der Waals surface area contributed by atoms with Crippen LogP contribution in [0.1, 0.15) is 51.4 Å². The van der Waals surface area contributed by atoms with Crippen LogP contribution < -0.4 is 0 Å². The second kappa shape index (κ2) is 14.6. The minimum atomic E-state index is -0.466. The molecule has 0 aliphatic carbocycles. The van der Waals surface area contributed by atoms with Crippen LogP contribution in [-0.4, -0.2) is 5.71 Å². The summed E-state index contributed by atoms with van der Waals surface area (Å²) in [5.41, 5.74) is 15.5. The van der Waals surface area contributed by atoms with Crippen LogP contribution >= 0.6 is 11.8 Å². The second-order valence-corrected chi connectivity index (χ2v) is 15.7. The van der Waals surface area contributed by atoms with Crippen LogP contribution in [0.25, 0.3) is 27.8 Å². The summed E-state index contributed by atoms with van der Waals surface area (Å²) in [4.78, 5) is 7.95. The Kier molecular flexibility index (Phi) is 8.90. The largest absolute Gasteiger partial charge is 0.276 e. The molecule has 0 bridgehead atoms. The summed E-state index contributed by atoms with van der Waals surface area (Å²) >= 11 is 1.89. The summed E-state index contributed by atoms with van der Waals surface area (Å²) in [6.07, 6.45) is 3.17. The van der Waals surface area contributed by atoms with Crippen LogP contribution in [0.3, 0.4) is 0 Å². The van der Waals surface area contributed by atoms with Crippen LogP contribution in [0.5, 0.6) is 0 Å². The highest BCUT2D eigenvalue weighted by atomic mass is 32.2. The molecule has 56 heavy (non-hydrogen) atoms. The molecule has 2 aliphatic heterocycles. The van der Waals surface area contributed by atoms with Crippen molar-refractivity contribution in [2.75, 3.05) is 0 Å². The van der Waals surface area contributed by atoms with E-state index in [0.29, 0.717) is 0 Å². The average Bonchev–Trinajstić information content (AvgIpc) is 3.29. The van der Waals surface area contributed by atoms with E-state index in [9.17, 15) is 0 Å². The van der Waals surface area contributed by atoms with Crippen LogP contribution in [0.15, 0.2) is 233 Å². The first-order valence-electron chi connectivity index (χ1n) is 19.4. The molecule has 2 heteroatoms. The van der Waals surface area contributed by atoms with Gasteiger partial charge in [0.15, 0.2) is 0 Å². The van der Waals surface area contributed by atoms with E-state index in [1.807, 2.05) is 11.8 Å². The molecule has 1 unspecified atom stereocenters. The molecule has 0 spiro atoms. The molecular weight excluding hydrogens is 695 g/mol. The van der Waals surface area contributed by atoms with Gasteiger partial charge in [-0.05, 0) is 91.9 Å². The van der Waals surface area contributed by atoms with E-state index in [4.69, 9.17) is 4.99 Å². The quantitative estimate of drug-likeness (QED) is 0.159. The molecule has 0 fully saturated rings. The molecule has 0 amide bonds. The summed E-state index contributed by atoms with van der Waals surface area (Å²) in [5, 5.41) is 0. The minimum absolute atomic E-state index is 0.0594. The summed E-state index contributed by atoms with van der Waals surface area (Å²) in [5.74, 6) is 0. The van der Waals surface area contributed by atoms with E-state index in [-0.39, 0.29) is 6.04 Å². The van der Waals surface area contributed by atoms with Gasteiger partial charge in [-0.1, -0.05) is 206 Å². The topological polar surface area (TPSA) is 12.4 Å². The molecule has 0 aromatic heterocycles. The van der Waals surface area contributed by atoms with Crippen molar-refractivity contribution in [2.24, 2.45) is 4.99 Å². The smallest absolute Gasteiger partial charge is 0.0796 e. The number of nitrogens with zero attached hydrogens (tertiary/aromatic N) is 1. The van der Waals surface area contributed by atoms with Crippen molar-refractivity contribution in [2.45, 2.75) is 27.7 Å². The van der Waals surface area contributed by atoms with Gasteiger partial charge in [-0.25, -0.2) is 0 Å². The zero-order chi connectivity index (χ0) is 37.3. The average molecular weight is 734 g/mol. The van der Waals surface area contributed by atoms with Gasteiger partial charge in [-0.15, -0.1) is 0 Å². The van der Waals surface area contributed by atoms with Crippen molar-refractivity contribution < 1.29 is 0 Å². The van der Waals surface area contributed by atoms with Gasteiger partial charge in [0.2, 0.25) is 0 Å². The molecule has 2 aliphatic rings. The summed E-state index contributed by atoms with van der Waals surface area (Å²) < 4.78 is 0. The third-order valence-electron chi connectivity index (χ3n) is 11.3. The SMILES string of the molecule is C1=C(c2ccccc2)CC(c2ccccc2)N=C1c1cccc(-c2cccc(-c3cccc4c3Sc3ccccc3C4(c3ccccc3)c3ccccc3)c2)c1. The first kappa shape index (κ1) is 34.0. The second-order valence-electron chi connectivity index (χ2n) is 14.6. The number of dihydropyridines is 1. The molecule has 0 saturated heterocycles. The van der Waals surface area contributed by atoms with Crippen molar-refractivity contribution in [1.29, 1.82) is 0 Å². The van der Waals surface area contributed by atoms with Gasteiger partial charge < -0.3 is 0 Å². The van der Waals surface area contributed by atoms with E-state index in [0.717, 1.165) is 17.7 Å².